The number of para-hydroxylation sites is 1. The van der Waals surface area contributed by atoms with Crippen LogP contribution in [-0.4, -0.2) is 18.7 Å². The largest absolute Gasteiger partial charge is 0.485 e. The summed E-state index contributed by atoms with van der Waals surface area (Å²) in [6.45, 7) is 2.23. The highest BCUT2D eigenvalue weighted by atomic mass is 16.5. The summed E-state index contributed by atoms with van der Waals surface area (Å²) >= 11 is 0. The minimum atomic E-state index is -0.175. The number of allylic oxidation sites excluding steroid dienone is 1. The Kier molecular flexibility index (Phi) is 4.66. The fourth-order valence-electron chi connectivity index (χ4n) is 3.63. The summed E-state index contributed by atoms with van der Waals surface area (Å²) in [6, 6.07) is 8.31. The van der Waals surface area contributed by atoms with Crippen LogP contribution in [0.3, 0.4) is 0 Å². The second-order valence-corrected chi connectivity index (χ2v) is 6.03. The molecule has 4 heteroatoms. The summed E-state index contributed by atoms with van der Waals surface area (Å²) in [5, 5.41) is 8.97. The molecule has 23 heavy (non-hydrogen) atoms. The van der Waals surface area contributed by atoms with Gasteiger partial charge < -0.3 is 9.47 Å². The van der Waals surface area contributed by atoms with Crippen LogP contribution in [0.5, 0.6) is 5.75 Å². The van der Waals surface area contributed by atoms with Gasteiger partial charge in [0, 0.05) is 24.0 Å². The van der Waals surface area contributed by atoms with Crippen LogP contribution in [0, 0.1) is 11.3 Å². The number of nitriles is 1. The maximum atomic E-state index is 11.6. The lowest BCUT2D eigenvalue weighted by molar-refractivity contribution is -0.143. The number of rotatable bonds is 4. The Morgan fingerprint density at radius 2 is 2.39 bits per heavy atom. The highest BCUT2D eigenvalue weighted by Gasteiger charge is 2.39. The number of carbonyl (C=O) groups is 1. The molecule has 1 aliphatic carbocycles. The summed E-state index contributed by atoms with van der Waals surface area (Å²) in [6.07, 6.45) is 5.72. The molecule has 1 fully saturated rings. The first-order chi connectivity index (χ1) is 11.2. The van der Waals surface area contributed by atoms with Crippen molar-refractivity contribution < 1.29 is 14.3 Å². The Hall–Kier alpha value is -2.28. The van der Waals surface area contributed by atoms with Crippen LogP contribution in [-0.2, 0) is 16.0 Å². The maximum Gasteiger partial charge on any atom is 0.306 e. The molecule has 0 amide bonds. The van der Waals surface area contributed by atoms with Gasteiger partial charge in [0.25, 0.3) is 0 Å². The summed E-state index contributed by atoms with van der Waals surface area (Å²) < 4.78 is 11.2. The molecule has 0 spiro atoms. The third kappa shape index (κ3) is 3.10. The molecule has 1 saturated carbocycles. The molecule has 0 saturated heterocycles. The minimum Gasteiger partial charge on any atom is -0.485 e. The van der Waals surface area contributed by atoms with Crippen molar-refractivity contribution in [3.8, 4) is 11.8 Å². The number of hydrogen-bond acceptors (Lipinski definition) is 4. The SMILES string of the molecule is CCOC(=O)CCc1cccc2c1O[C@H]1/C(=C/C#N)CCC[C@@H]21. The van der Waals surface area contributed by atoms with Crippen molar-refractivity contribution in [2.24, 2.45) is 0 Å². The van der Waals surface area contributed by atoms with E-state index in [2.05, 4.69) is 12.1 Å². The number of ether oxygens (including phenoxy) is 2. The molecular formula is C19H21NO3. The normalized spacial score (nSPS) is 23.6. The molecule has 0 unspecified atom stereocenters. The zero-order valence-corrected chi connectivity index (χ0v) is 13.4. The van der Waals surface area contributed by atoms with Crippen molar-refractivity contribution in [2.75, 3.05) is 6.61 Å². The van der Waals surface area contributed by atoms with Crippen LogP contribution in [0.15, 0.2) is 29.8 Å². The van der Waals surface area contributed by atoms with E-state index in [0.29, 0.717) is 25.4 Å². The zero-order chi connectivity index (χ0) is 16.2. The topological polar surface area (TPSA) is 59.3 Å². The molecule has 0 radical (unpaired) electrons. The first kappa shape index (κ1) is 15.6. The monoisotopic (exact) mass is 311 g/mol. The van der Waals surface area contributed by atoms with Crippen molar-refractivity contribution in [3.63, 3.8) is 0 Å². The van der Waals surface area contributed by atoms with E-state index < -0.39 is 0 Å². The van der Waals surface area contributed by atoms with Crippen LogP contribution < -0.4 is 4.74 Å². The molecular weight excluding hydrogens is 290 g/mol. The lowest BCUT2D eigenvalue weighted by Gasteiger charge is -2.26. The predicted octanol–water partition coefficient (Wildman–Crippen LogP) is 3.66. The van der Waals surface area contributed by atoms with Gasteiger partial charge in [-0.05, 0) is 43.7 Å². The molecule has 1 heterocycles. The van der Waals surface area contributed by atoms with Gasteiger partial charge in [0.15, 0.2) is 0 Å². The lowest BCUT2D eigenvalue weighted by atomic mass is 9.80. The second-order valence-electron chi connectivity index (χ2n) is 6.03. The van der Waals surface area contributed by atoms with Gasteiger partial charge in [-0.25, -0.2) is 0 Å². The number of fused-ring (bicyclic) bond motifs is 3. The van der Waals surface area contributed by atoms with Crippen molar-refractivity contribution in [1.29, 1.82) is 5.26 Å². The molecule has 0 aromatic heterocycles. The first-order valence-electron chi connectivity index (χ1n) is 8.27. The summed E-state index contributed by atoms with van der Waals surface area (Å²) in [7, 11) is 0. The van der Waals surface area contributed by atoms with E-state index in [1.54, 1.807) is 6.08 Å². The summed E-state index contributed by atoms with van der Waals surface area (Å²) in [5.41, 5.74) is 3.37. The number of hydrogen-bond donors (Lipinski definition) is 0. The summed E-state index contributed by atoms with van der Waals surface area (Å²) in [5.74, 6) is 1.07. The Morgan fingerprint density at radius 1 is 1.52 bits per heavy atom. The van der Waals surface area contributed by atoms with Gasteiger partial charge in [0.2, 0.25) is 0 Å². The van der Waals surface area contributed by atoms with E-state index in [1.807, 2.05) is 19.1 Å². The van der Waals surface area contributed by atoms with E-state index in [4.69, 9.17) is 14.7 Å². The zero-order valence-electron chi connectivity index (χ0n) is 13.4. The van der Waals surface area contributed by atoms with Crippen LogP contribution >= 0.6 is 0 Å². The first-order valence-corrected chi connectivity index (χ1v) is 8.27. The van der Waals surface area contributed by atoms with Gasteiger partial charge in [0.1, 0.15) is 11.9 Å². The van der Waals surface area contributed by atoms with E-state index in [-0.39, 0.29) is 12.1 Å². The van der Waals surface area contributed by atoms with Crippen molar-refractivity contribution in [2.45, 2.75) is 51.0 Å². The van der Waals surface area contributed by atoms with E-state index in [0.717, 1.165) is 36.1 Å². The standard InChI is InChI=1S/C19H21NO3/c1-2-22-17(21)10-9-13-5-3-7-15-16-8-4-6-14(11-12-20)19(16)23-18(13)15/h3,5,7,11,16,19H,2,4,6,8-10H2,1H3/b14-11+/t16-,19-/m0/s1. The van der Waals surface area contributed by atoms with Crippen molar-refractivity contribution in [3.05, 3.63) is 41.0 Å². The third-order valence-electron chi connectivity index (χ3n) is 4.64. The van der Waals surface area contributed by atoms with E-state index in [1.165, 1.54) is 5.56 Å². The molecule has 120 valence electrons. The number of nitrogens with zero attached hydrogens (tertiary/aromatic N) is 1. The molecule has 4 nitrogen and oxygen atoms in total. The fourth-order valence-corrected chi connectivity index (χ4v) is 3.63. The van der Waals surface area contributed by atoms with Gasteiger partial charge in [0.05, 0.1) is 12.7 Å². The van der Waals surface area contributed by atoms with E-state index in [9.17, 15) is 4.79 Å². The summed E-state index contributed by atoms with van der Waals surface area (Å²) in [4.78, 5) is 11.6. The van der Waals surface area contributed by atoms with Crippen LogP contribution in [0.25, 0.3) is 0 Å². The average molecular weight is 311 g/mol. The quantitative estimate of drug-likeness (QED) is 0.629. The average Bonchev–Trinajstić information content (AvgIpc) is 2.94. The van der Waals surface area contributed by atoms with Crippen molar-refractivity contribution in [1.82, 2.24) is 0 Å². The number of aryl methyl sites for hydroxylation is 1. The molecule has 2 aliphatic rings. The lowest BCUT2D eigenvalue weighted by Crippen LogP contribution is -2.25. The number of carbonyl (C=O) groups excluding carboxylic acids is 1. The van der Waals surface area contributed by atoms with Gasteiger partial charge in [-0.15, -0.1) is 0 Å². The number of esters is 1. The molecule has 0 N–H and O–H groups in total. The smallest absolute Gasteiger partial charge is 0.306 e. The third-order valence-corrected chi connectivity index (χ3v) is 4.64. The number of benzene rings is 1. The fraction of sp³-hybridized carbons (Fsp3) is 0.474. The molecule has 3 rings (SSSR count). The predicted molar refractivity (Wildman–Crippen MR) is 86.1 cm³/mol. The molecule has 0 bridgehead atoms. The van der Waals surface area contributed by atoms with Gasteiger partial charge in [-0.1, -0.05) is 18.2 Å². The highest BCUT2D eigenvalue weighted by Crippen LogP contribution is 2.48. The Balaban J connectivity index is 1.82. The Morgan fingerprint density at radius 3 is 3.17 bits per heavy atom. The molecule has 1 aromatic rings. The van der Waals surface area contributed by atoms with Crippen molar-refractivity contribution >= 4 is 5.97 Å². The Labute approximate surface area is 136 Å². The highest BCUT2D eigenvalue weighted by molar-refractivity contribution is 5.70. The van der Waals surface area contributed by atoms with E-state index >= 15 is 0 Å². The molecule has 1 aromatic carbocycles. The van der Waals surface area contributed by atoms with Gasteiger partial charge >= 0.3 is 5.97 Å². The Bertz CT molecular complexity index is 672. The second kappa shape index (κ2) is 6.87. The van der Waals surface area contributed by atoms with Crippen LogP contribution in [0.1, 0.15) is 49.7 Å². The van der Waals surface area contributed by atoms with Gasteiger partial charge in [-0.2, -0.15) is 5.26 Å². The molecule has 2 atom stereocenters. The van der Waals surface area contributed by atoms with Gasteiger partial charge in [-0.3, -0.25) is 4.79 Å². The molecule has 1 aliphatic heterocycles. The maximum absolute atomic E-state index is 11.6. The van der Waals surface area contributed by atoms with Crippen LogP contribution in [0.4, 0.5) is 0 Å². The van der Waals surface area contributed by atoms with Crippen LogP contribution in [0.2, 0.25) is 0 Å². The minimum absolute atomic E-state index is 0.0119.